The molecule has 1 saturated heterocycles. The highest BCUT2D eigenvalue weighted by atomic mass is 16.1. The van der Waals surface area contributed by atoms with Gasteiger partial charge in [-0.25, -0.2) is 9.67 Å². The van der Waals surface area contributed by atoms with E-state index < -0.39 is 0 Å². The molecule has 3 aromatic rings. The summed E-state index contributed by atoms with van der Waals surface area (Å²) in [5.41, 5.74) is 2.10. The molecule has 134 valence electrons. The van der Waals surface area contributed by atoms with Gasteiger partial charge in [-0.2, -0.15) is 10.4 Å². The number of rotatable bonds is 4. The Morgan fingerprint density at radius 2 is 2.00 bits per heavy atom. The van der Waals surface area contributed by atoms with Crippen LogP contribution in [-0.2, 0) is 6.54 Å². The van der Waals surface area contributed by atoms with Gasteiger partial charge < -0.3 is 4.90 Å². The monoisotopic (exact) mass is 358 g/mol. The van der Waals surface area contributed by atoms with Crippen LogP contribution in [0.25, 0.3) is 11.3 Å². The fourth-order valence-electron chi connectivity index (χ4n) is 3.41. The van der Waals surface area contributed by atoms with Crippen molar-refractivity contribution in [3.63, 3.8) is 0 Å². The van der Waals surface area contributed by atoms with Crippen molar-refractivity contribution in [1.82, 2.24) is 19.7 Å². The first-order valence-electron chi connectivity index (χ1n) is 8.86. The van der Waals surface area contributed by atoms with E-state index in [2.05, 4.69) is 26.0 Å². The summed E-state index contributed by atoms with van der Waals surface area (Å²) < 4.78 is 1.53. The topological polar surface area (TPSA) is 87.7 Å². The fourth-order valence-corrected chi connectivity index (χ4v) is 3.41. The largest absolute Gasteiger partial charge is 0.352 e. The van der Waals surface area contributed by atoms with E-state index in [1.807, 2.05) is 18.2 Å². The maximum absolute atomic E-state index is 12.3. The third-order valence-corrected chi connectivity index (χ3v) is 4.77. The Balaban J connectivity index is 1.59. The van der Waals surface area contributed by atoms with Gasteiger partial charge in [0.1, 0.15) is 11.9 Å². The van der Waals surface area contributed by atoms with Gasteiger partial charge in [0.05, 0.1) is 23.8 Å². The molecule has 1 atom stereocenters. The third-order valence-electron chi connectivity index (χ3n) is 4.77. The van der Waals surface area contributed by atoms with Crippen molar-refractivity contribution in [3.05, 3.63) is 70.9 Å². The van der Waals surface area contributed by atoms with E-state index in [1.54, 1.807) is 36.8 Å². The second kappa shape index (κ2) is 7.38. The average Bonchev–Trinajstić information content (AvgIpc) is 3.18. The molecule has 0 bridgehead atoms. The standard InChI is InChI=1S/C20H18N6O/c21-12-15-3-5-19(23-13-15)25-11-1-2-17(25)14-26-20(27)6-4-18(24-26)16-7-9-22-10-8-16/h3-10,13,17H,1-2,11,14H2. The molecule has 7 heteroatoms. The first-order valence-corrected chi connectivity index (χ1v) is 8.86. The first-order chi connectivity index (χ1) is 13.2. The Hall–Kier alpha value is -3.53. The van der Waals surface area contributed by atoms with E-state index in [4.69, 9.17) is 5.26 Å². The van der Waals surface area contributed by atoms with Crippen molar-refractivity contribution in [2.75, 3.05) is 11.4 Å². The Labute approximate surface area is 156 Å². The maximum Gasteiger partial charge on any atom is 0.266 e. The van der Waals surface area contributed by atoms with Gasteiger partial charge in [0.15, 0.2) is 0 Å². The Morgan fingerprint density at radius 3 is 2.74 bits per heavy atom. The van der Waals surface area contributed by atoms with E-state index in [0.717, 1.165) is 36.5 Å². The van der Waals surface area contributed by atoms with Gasteiger partial charge in [0.2, 0.25) is 0 Å². The molecule has 0 spiro atoms. The van der Waals surface area contributed by atoms with Gasteiger partial charge in [-0.05, 0) is 43.2 Å². The van der Waals surface area contributed by atoms with E-state index in [9.17, 15) is 4.79 Å². The minimum absolute atomic E-state index is 0.118. The predicted molar refractivity (Wildman–Crippen MR) is 101 cm³/mol. The van der Waals surface area contributed by atoms with Gasteiger partial charge in [-0.3, -0.25) is 9.78 Å². The quantitative estimate of drug-likeness (QED) is 0.711. The van der Waals surface area contributed by atoms with Crippen LogP contribution in [0.4, 0.5) is 5.82 Å². The lowest BCUT2D eigenvalue weighted by atomic mass is 10.2. The van der Waals surface area contributed by atoms with Crippen LogP contribution < -0.4 is 10.5 Å². The van der Waals surface area contributed by atoms with Gasteiger partial charge in [0, 0.05) is 36.8 Å². The lowest BCUT2D eigenvalue weighted by Crippen LogP contribution is -2.37. The van der Waals surface area contributed by atoms with Crippen LogP contribution in [0, 0.1) is 11.3 Å². The van der Waals surface area contributed by atoms with Crippen molar-refractivity contribution in [2.45, 2.75) is 25.4 Å². The van der Waals surface area contributed by atoms with Crippen LogP contribution >= 0.6 is 0 Å². The fraction of sp³-hybridized carbons (Fsp3) is 0.250. The molecule has 0 aromatic carbocycles. The molecule has 1 fully saturated rings. The smallest absolute Gasteiger partial charge is 0.266 e. The SMILES string of the molecule is N#Cc1ccc(N2CCCC2Cn2nc(-c3ccncc3)ccc2=O)nc1. The molecule has 4 rings (SSSR count). The minimum atomic E-state index is -0.118. The van der Waals surface area contributed by atoms with Crippen LogP contribution in [0.5, 0.6) is 0 Å². The van der Waals surface area contributed by atoms with Gasteiger partial charge in [-0.15, -0.1) is 0 Å². The summed E-state index contributed by atoms with van der Waals surface area (Å²) >= 11 is 0. The highest BCUT2D eigenvalue weighted by molar-refractivity contribution is 5.57. The van der Waals surface area contributed by atoms with Gasteiger partial charge >= 0.3 is 0 Å². The van der Waals surface area contributed by atoms with Crippen LogP contribution in [0.3, 0.4) is 0 Å². The van der Waals surface area contributed by atoms with E-state index in [0.29, 0.717) is 12.1 Å². The second-order valence-corrected chi connectivity index (χ2v) is 6.48. The Morgan fingerprint density at radius 1 is 1.15 bits per heavy atom. The summed E-state index contributed by atoms with van der Waals surface area (Å²) in [6.07, 6.45) is 7.00. The lowest BCUT2D eigenvalue weighted by molar-refractivity contribution is 0.489. The third kappa shape index (κ3) is 3.55. The summed E-state index contributed by atoms with van der Waals surface area (Å²) in [5, 5.41) is 13.5. The van der Waals surface area contributed by atoms with Crippen LogP contribution in [0.1, 0.15) is 18.4 Å². The number of aromatic nitrogens is 4. The van der Waals surface area contributed by atoms with Gasteiger partial charge in [-0.1, -0.05) is 0 Å². The molecule has 7 nitrogen and oxygen atoms in total. The van der Waals surface area contributed by atoms with Crippen molar-refractivity contribution in [3.8, 4) is 17.3 Å². The zero-order chi connectivity index (χ0) is 18.6. The molecule has 1 aliphatic heterocycles. The predicted octanol–water partition coefficient (Wildman–Crippen LogP) is 2.24. The number of nitrogens with zero attached hydrogens (tertiary/aromatic N) is 6. The lowest BCUT2D eigenvalue weighted by Gasteiger charge is -2.26. The molecule has 1 aliphatic rings. The zero-order valence-electron chi connectivity index (χ0n) is 14.7. The van der Waals surface area contributed by atoms with E-state index in [1.165, 1.54) is 4.68 Å². The number of nitriles is 1. The minimum Gasteiger partial charge on any atom is -0.352 e. The van der Waals surface area contributed by atoms with E-state index in [-0.39, 0.29) is 11.6 Å². The second-order valence-electron chi connectivity index (χ2n) is 6.48. The van der Waals surface area contributed by atoms with Crippen molar-refractivity contribution in [2.24, 2.45) is 0 Å². The molecule has 0 N–H and O–H groups in total. The number of hydrogen-bond acceptors (Lipinski definition) is 6. The molecular weight excluding hydrogens is 340 g/mol. The summed E-state index contributed by atoms with van der Waals surface area (Å²) in [5.74, 6) is 0.829. The summed E-state index contributed by atoms with van der Waals surface area (Å²) in [7, 11) is 0. The van der Waals surface area contributed by atoms with Crippen molar-refractivity contribution < 1.29 is 0 Å². The van der Waals surface area contributed by atoms with Crippen molar-refractivity contribution >= 4 is 5.82 Å². The highest BCUT2D eigenvalue weighted by Crippen LogP contribution is 2.25. The average molecular weight is 358 g/mol. The summed E-state index contributed by atoms with van der Waals surface area (Å²) in [6.45, 7) is 1.38. The molecule has 27 heavy (non-hydrogen) atoms. The number of hydrogen-bond donors (Lipinski definition) is 0. The highest BCUT2D eigenvalue weighted by Gasteiger charge is 2.26. The molecule has 4 heterocycles. The normalized spacial score (nSPS) is 16.3. The first kappa shape index (κ1) is 16.9. The van der Waals surface area contributed by atoms with Crippen molar-refractivity contribution in [1.29, 1.82) is 5.26 Å². The molecule has 0 radical (unpaired) electrons. The van der Waals surface area contributed by atoms with Gasteiger partial charge in [0.25, 0.3) is 5.56 Å². The Bertz CT molecular complexity index is 1020. The molecule has 0 amide bonds. The molecule has 0 aliphatic carbocycles. The van der Waals surface area contributed by atoms with Crippen LogP contribution in [0.15, 0.2) is 59.8 Å². The Kier molecular flexibility index (Phi) is 4.62. The molecule has 1 unspecified atom stereocenters. The van der Waals surface area contributed by atoms with E-state index >= 15 is 0 Å². The summed E-state index contributed by atoms with van der Waals surface area (Å²) in [4.78, 5) is 22.9. The summed E-state index contributed by atoms with van der Waals surface area (Å²) in [6, 6.07) is 12.9. The van der Waals surface area contributed by atoms with Crippen LogP contribution in [0.2, 0.25) is 0 Å². The molecular formula is C20H18N6O. The number of anilines is 1. The molecule has 3 aromatic heterocycles. The zero-order valence-corrected chi connectivity index (χ0v) is 14.7. The number of pyridine rings is 2. The maximum atomic E-state index is 12.3. The molecule has 0 saturated carbocycles. The van der Waals surface area contributed by atoms with Crippen LogP contribution in [-0.4, -0.2) is 32.3 Å².